The minimum Gasteiger partial charge on any atom is -0.381 e. The minimum absolute atomic E-state index is 0.0286. The largest absolute Gasteiger partial charge is 0.418 e. The van der Waals surface area contributed by atoms with Crippen molar-refractivity contribution in [1.82, 2.24) is 9.88 Å². The quantitative estimate of drug-likeness (QED) is 0.394. The van der Waals surface area contributed by atoms with Crippen LogP contribution in [0.5, 0.6) is 0 Å². The number of hydrogen-bond acceptors (Lipinski definition) is 5. The number of carbonyl (C=O) groups excluding carboxylic acids is 1. The van der Waals surface area contributed by atoms with Gasteiger partial charge in [0.15, 0.2) is 9.84 Å². The van der Waals surface area contributed by atoms with Gasteiger partial charge in [-0.3, -0.25) is 4.79 Å². The number of ether oxygens (including phenoxy) is 1. The van der Waals surface area contributed by atoms with Crippen LogP contribution in [0.1, 0.15) is 87.5 Å². The summed E-state index contributed by atoms with van der Waals surface area (Å²) in [6.45, 7) is 6.20. The molecule has 1 aliphatic carbocycles. The number of alkyl halides is 3. The van der Waals surface area contributed by atoms with Crippen molar-refractivity contribution in [2.45, 2.75) is 88.6 Å². The number of rotatable bonds is 7. The van der Waals surface area contributed by atoms with Crippen LogP contribution in [-0.4, -0.2) is 43.9 Å². The van der Waals surface area contributed by atoms with Gasteiger partial charge in [-0.15, -0.1) is 11.3 Å². The molecule has 0 unspecified atom stereocenters. The van der Waals surface area contributed by atoms with Crippen molar-refractivity contribution in [1.29, 1.82) is 0 Å². The third kappa shape index (κ3) is 7.27. The van der Waals surface area contributed by atoms with Crippen LogP contribution in [-0.2, 0) is 34.2 Å². The molecule has 1 saturated carbocycles. The molecule has 0 atom stereocenters. The summed E-state index contributed by atoms with van der Waals surface area (Å²) >= 11 is 0.663. The van der Waals surface area contributed by atoms with Gasteiger partial charge >= 0.3 is 6.18 Å². The maximum Gasteiger partial charge on any atom is 0.418 e. The van der Waals surface area contributed by atoms with Gasteiger partial charge in [-0.1, -0.05) is 52.9 Å². The summed E-state index contributed by atoms with van der Waals surface area (Å²) in [6.07, 6.45) is 2.64. The molecule has 3 heterocycles. The van der Waals surface area contributed by atoms with Crippen molar-refractivity contribution in [2.75, 3.05) is 19.0 Å². The number of carbonyl (C=O) groups is 1. The second kappa shape index (κ2) is 11.6. The summed E-state index contributed by atoms with van der Waals surface area (Å²) in [4.78, 5) is 13.5. The lowest BCUT2D eigenvalue weighted by molar-refractivity contribution is -0.139. The summed E-state index contributed by atoms with van der Waals surface area (Å²) in [7, 11) is -2.42. The lowest BCUT2D eigenvalue weighted by Crippen LogP contribution is -2.39. The number of sulfone groups is 1. The molecule has 39 heavy (non-hydrogen) atoms. The Morgan fingerprint density at radius 1 is 1.08 bits per heavy atom. The summed E-state index contributed by atoms with van der Waals surface area (Å²) in [6, 6.07) is 2.57. The molecule has 218 valence electrons. The van der Waals surface area contributed by atoms with Gasteiger partial charge in [0.25, 0.3) is 5.91 Å². The number of halogens is 3. The van der Waals surface area contributed by atoms with Gasteiger partial charge in [0, 0.05) is 42.4 Å². The molecule has 4 rings (SSSR count). The highest BCUT2D eigenvalue weighted by Gasteiger charge is 2.41. The van der Waals surface area contributed by atoms with Crippen molar-refractivity contribution < 1.29 is 31.1 Å². The van der Waals surface area contributed by atoms with Gasteiger partial charge in [0.2, 0.25) is 0 Å². The molecule has 0 bridgehead atoms. The van der Waals surface area contributed by atoms with Crippen LogP contribution in [0, 0.1) is 11.3 Å². The molecule has 1 saturated heterocycles. The molecule has 2 aromatic heterocycles. The zero-order chi connectivity index (χ0) is 28.6. The monoisotopic (exact) mass is 588 g/mol. The Bertz CT molecular complexity index is 1280. The minimum atomic E-state index is -4.82. The van der Waals surface area contributed by atoms with Crippen LogP contribution < -0.4 is 5.32 Å². The van der Waals surface area contributed by atoms with Crippen molar-refractivity contribution in [3.63, 3.8) is 0 Å². The third-order valence-electron chi connectivity index (χ3n) is 7.53. The van der Waals surface area contributed by atoms with Crippen LogP contribution >= 0.6 is 11.3 Å². The molecule has 1 aliphatic heterocycles. The highest BCUT2D eigenvalue weighted by atomic mass is 32.2. The van der Waals surface area contributed by atoms with E-state index in [0.717, 1.165) is 37.4 Å². The fourth-order valence-corrected chi connectivity index (χ4v) is 9.34. The predicted octanol–water partition coefficient (Wildman–Crippen LogP) is 6.62. The summed E-state index contributed by atoms with van der Waals surface area (Å²) in [5.74, 6) is -0.316. The van der Waals surface area contributed by atoms with E-state index in [4.69, 9.17) is 4.74 Å². The lowest BCUT2D eigenvalue weighted by atomic mass is 9.85. The molecule has 6 nitrogen and oxygen atoms in total. The van der Waals surface area contributed by atoms with Gasteiger partial charge in [0.1, 0.15) is 9.90 Å². The van der Waals surface area contributed by atoms with Gasteiger partial charge in [-0.25, -0.2) is 8.42 Å². The molecule has 2 aromatic rings. The molecule has 2 fully saturated rings. The fraction of sp³-hybridized carbons (Fsp3) is 0.679. The first-order valence-electron chi connectivity index (χ1n) is 13.7. The molecular formula is C28H39F3N2O4S2. The van der Waals surface area contributed by atoms with Crippen LogP contribution in [0.2, 0.25) is 0 Å². The first kappa shape index (κ1) is 30.1. The van der Waals surface area contributed by atoms with E-state index in [1.807, 2.05) is 0 Å². The topological polar surface area (TPSA) is 77.4 Å². The Balaban J connectivity index is 1.79. The van der Waals surface area contributed by atoms with Gasteiger partial charge in [-0.05, 0) is 42.7 Å². The van der Waals surface area contributed by atoms with E-state index in [1.165, 1.54) is 6.42 Å². The van der Waals surface area contributed by atoms with Gasteiger partial charge in [0.05, 0.1) is 11.3 Å². The van der Waals surface area contributed by atoms with Crippen LogP contribution in [0.25, 0.3) is 10.4 Å². The number of nitrogens with zero attached hydrogens (tertiary/aromatic N) is 1. The Morgan fingerprint density at radius 3 is 2.31 bits per heavy atom. The summed E-state index contributed by atoms with van der Waals surface area (Å²) < 4.78 is 75.4. The van der Waals surface area contributed by atoms with Crippen molar-refractivity contribution >= 4 is 27.1 Å². The number of hydrogen-bond donors (Lipinski definition) is 1. The number of aromatic nitrogens is 1. The van der Waals surface area contributed by atoms with E-state index in [2.05, 4.69) is 5.32 Å². The average molecular weight is 589 g/mol. The van der Waals surface area contributed by atoms with E-state index >= 15 is 0 Å². The Morgan fingerprint density at radius 2 is 1.72 bits per heavy atom. The third-order valence-corrected chi connectivity index (χ3v) is 11.5. The summed E-state index contributed by atoms with van der Waals surface area (Å²) in [5, 5.41) is 3.05. The Labute approximate surface area is 233 Å². The second-order valence-corrected chi connectivity index (χ2v) is 15.4. The molecule has 1 N–H and O–H groups in total. The smallest absolute Gasteiger partial charge is 0.381 e. The first-order chi connectivity index (χ1) is 18.2. The normalized spacial score (nSPS) is 18.4. The predicted molar refractivity (Wildman–Crippen MR) is 147 cm³/mol. The standard InChI is InChI=1S/C28H39F3N2O4S2/c1-27(2,3)17-39(35,36)26-21(28(29,30)31)16-24(38-26)20-15-23(25(34)32-19-10-12-37-13-11-19)33(4)22(20)14-18-8-6-5-7-9-18/h15-16,18-19H,5-14,17H2,1-4H3,(H,32,34). The zero-order valence-corrected chi connectivity index (χ0v) is 24.8. The molecule has 0 spiro atoms. The molecule has 2 aliphatic rings. The SMILES string of the molecule is Cn1c(C(=O)NC2CCOCC2)cc(-c2cc(C(F)(F)F)c(S(=O)(=O)CC(C)(C)C)s2)c1CC1CCCCC1. The van der Waals surface area contributed by atoms with Crippen LogP contribution in [0.15, 0.2) is 16.3 Å². The fourth-order valence-electron chi connectivity index (χ4n) is 5.66. The molecule has 0 radical (unpaired) electrons. The van der Waals surface area contributed by atoms with Gasteiger partial charge < -0.3 is 14.6 Å². The number of amides is 1. The van der Waals surface area contributed by atoms with Crippen LogP contribution in [0.4, 0.5) is 13.2 Å². The van der Waals surface area contributed by atoms with E-state index in [-0.39, 0.29) is 16.8 Å². The Hall–Kier alpha value is -1.85. The molecule has 11 heteroatoms. The van der Waals surface area contributed by atoms with Crippen molar-refractivity contribution in [3.05, 3.63) is 29.1 Å². The van der Waals surface area contributed by atoms with Crippen molar-refractivity contribution in [3.8, 4) is 10.4 Å². The first-order valence-corrected chi connectivity index (χ1v) is 16.1. The van der Waals surface area contributed by atoms with E-state index in [9.17, 15) is 26.4 Å². The molecular weight excluding hydrogens is 549 g/mol. The second-order valence-electron chi connectivity index (χ2n) is 12.1. The van der Waals surface area contributed by atoms with E-state index < -0.39 is 37.0 Å². The maximum absolute atomic E-state index is 14.1. The Kier molecular flexibility index (Phi) is 8.93. The average Bonchev–Trinajstić information content (AvgIpc) is 3.42. The highest BCUT2D eigenvalue weighted by Crippen LogP contribution is 2.46. The van der Waals surface area contributed by atoms with E-state index in [0.29, 0.717) is 61.0 Å². The molecule has 1 amide bonds. The van der Waals surface area contributed by atoms with Gasteiger partial charge in [-0.2, -0.15) is 13.2 Å². The van der Waals surface area contributed by atoms with Crippen molar-refractivity contribution in [2.24, 2.45) is 18.4 Å². The maximum atomic E-state index is 14.1. The van der Waals surface area contributed by atoms with E-state index in [1.54, 1.807) is 38.5 Å². The number of thiophene rings is 1. The summed E-state index contributed by atoms with van der Waals surface area (Å²) in [5.41, 5.74) is -0.197. The number of nitrogens with one attached hydrogen (secondary N) is 1. The lowest BCUT2D eigenvalue weighted by Gasteiger charge is -2.24. The van der Waals surface area contributed by atoms with Crippen LogP contribution in [0.3, 0.4) is 0 Å². The molecule has 0 aromatic carbocycles. The highest BCUT2D eigenvalue weighted by molar-refractivity contribution is 7.93. The zero-order valence-electron chi connectivity index (χ0n) is 23.1.